The summed E-state index contributed by atoms with van der Waals surface area (Å²) < 4.78 is 0. The molecular formula is C17H17N3OS. The maximum atomic E-state index is 9.73. The van der Waals surface area contributed by atoms with Crippen molar-refractivity contribution in [3.63, 3.8) is 0 Å². The van der Waals surface area contributed by atoms with E-state index in [1.54, 1.807) is 11.3 Å². The van der Waals surface area contributed by atoms with Crippen molar-refractivity contribution in [1.82, 2.24) is 9.97 Å². The van der Waals surface area contributed by atoms with Gasteiger partial charge in [0.05, 0.1) is 11.6 Å². The number of para-hydroxylation sites is 1. The van der Waals surface area contributed by atoms with Crippen molar-refractivity contribution in [1.29, 1.82) is 0 Å². The molecule has 1 aliphatic rings. The maximum Gasteiger partial charge on any atom is 0.162 e. The van der Waals surface area contributed by atoms with E-state index >= 15 is 0 Å². The molecule has 1 aromatic carbocycles. The third-order valence-electron chi connectivity index (χ3n) is 4.13. The first kappa shape index (κ1) is 13.7. The largest absolute Gasteiger partial charge is 0.393 e. The molecule has 0 spiro atoms. The Morgan fingerprint density at radius 3 is 2.68 bits per heavy atom. The number of hydrogen-bond acceptors (Lipinski definition) is 5. The molecule has 0 aliphatic carbocycles. The molecule has 0 bridgehead atoms. The molecule has 4 rings (SSSR count). The number of rotatable bonds is 2. The summed E-state index contributed by atoms with van der Waals surface area (Å²) in [5, 5.41) is 14.9. The average molecular weight is 311 g/mol. The van der Waals surface area contributed by atoms with Crippen molar-refractivity contribution in [2.24, 2.45) is 0 Å². The van der Waals surface area contributed by atoms with Crippen LogP contribution in [0, 0.1) is 0 Å². The maximum absolute atomic E-state index is 9.73. The lowest BCUT2D eigenvalue weighted by molar-refractivity contribution is 0.145. The van der Waals surface area contributed by atoms with E-state index in [4.69, 9.17) is 9.97 Å². The van der Waals surface area contributed by atoms with E-state index in [-0.39, 0.29) is 6.10 Å². The van der Waals surface area contributed by atoms with Crippen molar-refractivity contribution in [2.45, 2.75) is 18.9 Å². The van der Waals surface area contributed by atoms with E-state index in [1.807, 2.05) is 23.6 Å². The number of aliphatic hydroxyl groups is 1. The average Bonchev–Trinajstić information content (AvgIpc) is 3.09. The Balaban J connectivity index is 1.84. The fraction of sp³-hybridized carbons (Fsp3) is 0.294. The van der Waals surface area contributed by atoms with Gasteiger partial charge < -0.3 is 10.0 Å². The van der Waals surface area contributed by atoms with E-state index < -0.39 is 0 Å². The second-order valence-electron chi connectivity index (χ2n) is 5.62. The van der Waals surface area contributed by atoms with E-state index in [0.717, 1.165) is 54.0 Å². The molecule has 4 nitrogen and oxygen atoms in total. The number of piperidine rings is 1. The summed E-state index contributed by atoms with van der Waals surface area (Å²) in [6, 6.07) is 10.2. The van der Waals surface area contributed by atoms with Crippen LogP contribution in [-0.4, -0.2) is 34.3 Å². The van der Waals surface area contributed by atoms with Gasteiger partial charge in [0.15, 0.2) is 5.82 Å². The molecule has 0 amide bonds. The molecule has 1 N–H and O–H groups in total. The molecule has 1 aliphatic heterocycles. The zero-order valence-electron chi connectivity index (χ0n) is 12.1. The lowest BCUT2D eigenvalue weighted by Gasteiger charge is -2.31. The van der Waals surface area contributed by atoms with Crippen molar-refractivity contribution >= 4 is 28.1 Å². The van der Waals surface area contributed by atoms with Gasteiger partial charge in [0.25, 0.3) is 0 Å². The number of aromatic nitrogens is 2. The van der Waals surface area contributed by atoms with Gasteiger partial charge in [-0.3, -0.25) is 0 Å². The van der Waals surface area contributed by atoms with Crippen LogP contribution in [0.25, 0.3) is 22.3 Å². The lowest BCUT2D eigenvalue weighted by atomic mass is 10.1. The van der Waals surface area contributed by atoms with E-state index in [9.17, 15) is 5.11 Å². The third kappa shape index (κ3) is 2.46. The highest BCUT2D eigenvalue weighted by molar-refractivity contribution is 7.08. The molecule has 5 heteroatoms. The quantitative estimate of drug-likeness (QED) is 0.789. The highest BCUT2D eigenvalue weighted by Gasteiger charge is 2.21. The summed E-state index contributed by atoms with van der Waals surface area (Å²) in [7, 11) is 0. The molecule has 3 aromatic rings. The van der Waals surface area contributed by atoms with Gasteiger partial charge in [-0.15, -0.1) is 0 Å². The van der Waals surface area contributed by atoms with Gasteiger partial charge >= 0.3 is 0 Å². The molecule has 0 radical (unpaired) electrons. The van der Waals surface area contributed by atoms with Crippen LogP contribution in [0.2, 0.25) is 0 Å². The van der Waals surface area contributed by atoms with E-state index in [0.29, 0.717) is 0 Å². The standard InChI is InChI=1S/C17H17N3OS/c21-13-5-8-20(9-6-13)17-14-3-1-2-4-15(14)18-16(19-17)12-7-10-22-11-12/h1-4,7,10-11,13,21H,5-6,8-9H2. The fourth-order valence-corrected chi connectivity index (χ4v) is 3.53. The predicted octanol–water partition coefficient (Wildman–Crippen LogP) is 3.32. The zero-order chi connectivity index (χ0) is 14.9. The minimum absolute atomic E-state index is 0.180. The topological polar surface area (TPSA) is 49.2 Å². The van der Waals surface area contributed by atoms with Crippen molar-refractivity contribution in [3.8, 4) is 11.4 Å². The van der Waals surface area contributed by atoms with Crippen molar-refractivity contribution in [3.05, 3.63) is 41.1 Å². The van der Waals surface area contributed by atoms with Gasteiger partial charge in [-0.05, 0) is 36.4 Å². The number of fused-ring (bicyclic) bond motifs is 1. The van der Waals surface area contributed by atoms with Crippen molar-refractivity contribution in [2.75, 3.05) is 18.0 Å². The Morgan fingerprint density at radius 1 is 1.09 bits per heavy atom. The molecule has 0 unspecified atom stereocenters. The Labute approximate surface area is 133 Å². The normalized spacial score (nSPS) is 16.3. The second-order valence-corrected chi connectivity index (χ2v) is 6.40. The van der Waals surface area contributed by atoms with Crippen molar-refractivity contribution < 1.29 is 5.11 Å². The minimum atomic E-state index is -0.180. The van der Waals surface area contributed by atoms with Crippen LogP contribution in [0.1, 0.15) is 12.8 Å². The monoisotopic (exact) mass is 311 g/mol. The first-order valence-corrected chi connectivity index (χ1v) is 8.48. The van der Waals surface area contributed by atoms with Gasteiger partial charge in [-0.1, -0.05) is 12.1 Å². The van der Waals surface area contributed by atoms with Crippen LogP contribution in [-0.2, 0) is 0 Å². The van der Waals surface area contributed by atoms with Crippen LogP contribution in [0.4, 0.5) is 5.82 Å². The smallest absolute Gasteiger partial charge is 0.162 e. The first-order valence-electron chi connectivity index (χ1n) is 7.53. The summed E-state index contributed by atoms with van der Waals surface area (Å²) in [5.41, 5.74) is 2.04. The number of hydrogen-bond donors (Lipinski definition) is 1. The number of nitrogens with zero attached hydrogens (tertiary/aromatic N) is 3. The molecule has 112 valence electrons. The number of benzene rings is 1. The number of anilines is 1. The molecule has 1 saturated heterocycles. The molecule has 2 aromatic heterocycles. The molecule has 22 heavy (non-hydrogen) atoms. The minimum Gasteiger partial charge on any atom is -0.393 e. The Kier molecular flexibility index (Phi) is 3.52. The molecule has 0 atom stereocenters. The highest BCUT2D eigenvalue weighted by atomic mass is 32.1. The van der Waals surface area contributed by atoms with E-state index in [2.05, 4.69) is 22.4 Å². The van der Waals surface area contributed by atoms with Crippen LogP contribution >= 0.6 is 11.3 Å². The predicted molar refractivity (Wildman–Crippen MR) is 90.3 cm³/mol. The third-order valence-corrected chi connectivity index (χ3v) is 4.81. The summed E-state index contributed by atoms with van der Waals surface area (Å²) in [5.74, 6) is 1.76. The van der Waals surface area contributed by atoms with Gasteiger partial charge in [-0.25, -0.2) is 9.97 Å². The Morgan fingerprint density at radius 2 is 1.91 bits per heavy atom. The summed E-state index contributed by atoms with van der Waals surface area (Å²) in [6.07, 6.45) is 1.42. The fourth-order valence-electron chi connectivity index (χ4n) is 2.90. The Hall–Kier alpha value is -1.98. The van der Waals surface area contributed by atoms with Crippen LogP contribution in [0.3, 0.4) is 0 Å². The molecule has 0 saturated carbocycles. The number of aliphatic hydroxyl groups excluding tert-OH is 1. The first-order chi connectivity index (χ1) is 10.8. The Bertz CT molecular complexity index is 780. The van der Waals surface area contributed by atoms with Gasteiger partial charge in [-0.2, -0.15) is 11.3 Å². The van der Waals surface area contributed by atoms with Gasteiger partial charge in [0.1, 0.15) is 5.82 Å². The summed E-state index contributed by atoms with van der Waals surface area (Å²) >= 11 is 1.65. The zero-order valence-corrected chi connectivity index (χ0v) is 13.0. The van der Waals surface area contributed by atoms with Gasteiger partial charge in [0, 0.05) is 29.4 Å². The van der Waals surface area contributed by atoms with Crippen LogP contribution in [0.15, 0.2) is 41.1 Å². The summed E-state index contributed by atoms with van der Waals surface area (Å²) in [4.78, 5) is 11.8. The van der Waals surface area contributed by atoms with E-state index in [1.165, 1.54) is 0 Å². The summed E-state index contributed by atoms with van der Waals surface area (Å²) in [6.45, 7) is 1.68. The lowest BCUT2D eigenvalue weighted by Crippen LogP contribution is -2.36. The molecular weight excluding hydrogens is 294 g/mol. The second kappa shape index (κ2) is 5.66. The molecule has 1 fully saturated rings. The SMILES string of the molecule is OC1CCN(c2nc(-c3ccsc3)nc3ccccc23)CC1. The van der Waals surface area contributed by atoms with Crippen LogP contribution < -0.4 is 4.90 Å². The van der Waals surface area contributed by atoms with Gasteiger partial charge in [0.2, 0.25) is 0 Å². The number of thiophene rings is 1. The highest BCUT2D eigenvalue weighted by Crippen LogP contribution is 2.29. The van der Waals surface area contributed by atoms with Crippen LogP contribution in [0.5, 0.6) is 0 Å². The molecule has 3 heterocycles.